The van der Waals surface area contributed by atoms with Crippen molar-refractivity contribution in [2.75, 3.05) is 37.8 Å². The Kier molecular flexibility index (Phi) is 5.17. The number of carboxylic acid groups (broad SMARTS) is 1. The van der Waals surface area contributed by atoms with E-state index in [1.807, 2.05) is 0 Å². The molecule has 0 bridgehead atoms. The molecule has 6 nitrogen and oxygen atoms in total. The van der Waals surface area contributed by atoms with Crippen molar-refractivity contribution in [3.63, 3.8) is 0 Å². The molecule has 0 aliphatic rings. The first kappa shape index (κ1) is 14.8. The molecular formula is C13H19N3O3. The fourth-order valence-corrected chi connectivity index (χ4v) is 1.60. The van der Waals surface area contributed by atoms with Gasteiger partial charge >= 0.3 is 5.97 Å². The summed E-state index contributed by atoms with van der Waals surface area (Å²) in [6.07, 6.45) is -0.0466. The zero-order valence-electron chi connectivity index (χ0n) is 11.2. The van der Waals surface area contributed by atoms with Crippen LogP contribution >= 0.6 is 0 Å². The lowest BCUT2D eigenvalue weighted by Gasteiger charge is -2.26. The predicted molar refractivity (Wildman–Crippen MR) is 74.0 cm³/mol. The van der Waals surface area contributed by atoms with Crippen LogP contribution in [0.5, 0.6) is 0 Å². The molecule has 3 N–H and O–H groups in total. The second-order valence-electron chi connectivity index (χ2n) is 4.41. The first-order chi connectivity index (χ1) is 8.91. The lowest BCUT2D eigenvalue weighted by molar-refractivity contribution is -0.137. The van der Waals surface area contributed by atoms with Crippen molar-refractivity contribution in [3.8, 4) is 0 Å². The summed E-state index contributed by atoms with van der Waals surface area (Å²) >= 11 is 0. The number of hydrogen-bond donors (Lipinski definition) is 2. The molecule has 1 aromatic carbocycles. The van der Waals surface area contributed by atoms with E-state index in [1.54, 1.807) is 43.3 Å². The first-order valence-corrected chi connectivity index (χ1v) is 5.93. The molecule has 0 saturated heterocycles. The van der Waals surface area contributed by atoms with Crippen LogP contribution in [0.4, 0.5) is 11.4 Å². The highest BCUT2D eigenvalue weighted by molar-refractivity contribution is 5.83. The fourth-order valence-electron chi connectivity index (χ4n) is 1.60. The van der Waals surface area contributed by atoms with Gasteiger partial charge in [0.2, 0.25) is 5.91 Å². The maximum absolute atomic E-state index is 11.8. The molecule has 0 heterocycles. The zero-order valence-corrected chi connectivity index (χ0v) is 11.2. The lowest BCUT2D eigenvalue weighted by Crippen LogP contribution is -2.38. The van der Waals surface area contributed by atoms with Gasteiger partial charge in [0.25, 0.3) is 0 Å². The molecule has 0 radical (unpaired) electrons. The predicted octanol–water partition coefficient (Wildman–Crippen LogP) is 0.638. The van der Waals surface area contributed by atoms with Crippen LogP contribution in [0.3, 0.4) is 0 Å². The smallest absolute Gasteiger partial charge is 0.305 e. The Morgan fingerprint density at radius 3 is 2.42 bits per heavy atom. The molecule has 0 spiro atoms. The Labute approximate surface area is 112 Å². The van der Waals surface area contributed by atoms with Gasteiger partial charge in [-0.1, -0.05) is 12.1 Å². The minimum absolute atomic E-state index is 0.0466. The van der Waals surface area contributed by atoms with Crippen molar-refractivity contribution in [2.45, 2.75) is 6.42 Å². The molecule has 0 aliphatic heterocycles. The number of aliphatic carboxylic acids is 1. The van der Waals surface area contributed by atoms with Crippen LogP contribution in [0.1, 0.15) is 6.42 Å². The van der Waals surface area contributed by atoms with Crippen molar-refractivity contribution in [1.82, 2.24) is 4.90 Å². The van der Waals surface area contributed by atoms with Gasteiger partial charge in [-0.3, -0.25) is 9.59 Å². The van der Waals surface area contributed by atoms with Gasteiger partial charge in [-0.05, 0) is 12.1 Å². The summed E-state index contributed by atoms with van der Waals surface area (Å²) in [5, 5.41) is 8.77. The third-order valence-corrected chi connectivity index (χ3v) is 2.70. The summed E-state index contributed by atoms with van der Waals surface area (Å²) in [4.78, 5) is 25.6. The van der Waals surface area contributed by atoms with Crippen molar-refractivity contribution in [2.24, 2.45) is 0 Å². The van der Waals surface area contributed by atoms with E-state index in [2.05, 4.69) is 0 Å². The Bertz CT molecular complexity index is 460. The number of nitrogens with zero attached hydrogens (tertiary/aromatic N) is 2. The third kappa shape index (κ3) is 4.50. The molecule has 0 aromatic heterocycles. The van der Waals surface area contributed by atoms with Crippen molar-refractivity contribution in [3.05, 3.63) is 24.3 Å². The SMILES string of the molecule is CN(C)C(=O)CN(CCC(=O)O)c1ccccc1N. The molecule has 0 fully saturated rings. The van der Waals surface area contributed by atoms with E-state index in [-0.39, 0.29) is 25.4 Å². The average molecular weight is 265 g/mol. The molecule has 104 valence electrons. The van der Waals surface area contributed by atoms with Gasteiger partial charge in [0.05, 0.1) is 24.3 Å². The quantitative estimate of drug-likeness (QED) is 0.737. The van der Waals surface area contributed by atoms with E-state index >= 15 is 0 Å². The second-order valence-corrected chi connectivity index (χ2v) is 4.41. The van der Waals surface area contributed by atoms with Gasteiger partial charge in [0.1, 0.15) is 0 Å². The Hall–Kier alpha value is -2.24. The number of carboxylic acids is 1. The zero-order chi connectivity index (χ0) is 14.4. The average Bonchev–Trinajstić information content (AvgIpc) is 2.34. The summed E-state index contributed by atoms with van der Waals surface area (Å²) in [5.74, 6) is -1.01. The van der Waals surface area contributed by atoms with E-state index in [1.165, 1.54) is 4.90 Å². The van der Waals surface area contributed by atoms with E-state index < -0.39 is 5.97 Å². The number of anilines is 2. The molecule has 19 heavy (non-hydrogen) atoms. The van der Waals surface area contributed by atoms with E-state index in [0.717, 1.165) is 0 Å². The summed E-state index contributed by atoms with van der Waals surface area (Å²) in [6.45, 7) is 0.345. The molecule has 0 atom stereocenters. The Balaban J connectivity index is 2.89. The van der Waals surface area contributed by atoms with Gasteiger partial charge < -0.3 is 20.6 Å². The molecule has 6 heteroatoms. The molecule has 1 rings (SSSR count). The lowest BCUT2D eigenvalue weighted by atomic mass is 10.2. The topological polar surface area (TPSA) is 86.9 Å². The minimum atomic E-state index is -0.906. The van der Waals surface area contributed by atoms with Gasteiger partial charge in [0, 0.05) is 20.6 Å². The number of carbonyl (C=O) groups is 2. The highest BCUT2D eigenvalue weighted by atomic mass is 16.4. The van der Waals surface area contributed by atoms with Crippen molar-refractivity contribution < 1.29 is 14.7 Å². The number of nitrogens with two attached hydrogens (primary N) is 1. The monoisotopic (exact) mass is 265 g/mol. The molecular weight excluding hydrogens is 246 g/mol. The summed E-state index contributed by atoms with van der Waals surface area (Å²) in [6, 6.07) is 7.10. The van der Waals surface area contributed by atoms with Gasteiger partial charge in [-0.15, -0.1) is 0 Å². The van der Waals surface area contributed by atoms with Crippen LogP contribution in [0.2, 0.25) is 0 Å². The number of benzene rings is 1. The molecule has 0 saturated carbocycles. The molecule has 0 aliphatic carbocycles. The normalized spacial score (nSPS) is 10.0. The first-order valence-electron chi connectivity index (χ1n) is 5.93. The van der Waals surface area contributed by atoms with E-state index in [9.17, 15) is 9.59 Å². The highest BCUT2D eigenvalue weighted by Gasteiger charge is 2.16. The maximum Gasteiger partial charge on any atom is 0.305 e. The van der Waals surface area contributed by atoms with E-state index in [4.69, 9.17) is 10.8 Å². The molecule has 1 aromatic rings. The highest BCUT2D eigenvalue weighted by Crippen LogP contribution is 2.22. The summed E-state index contributed by atoms with van der Waals surface area (Å²) in [5.41, 5.74) is 7.07. The van der Waals surface area contributed by atoms with Crippen LogP contribution in [-0.4, -0.2) is 49.1 Å². The number of para-hydroxylation sites is 2. The number of carbonyl (C=O) groups excluding carboxylic acids is 1. The standard InChI is InChI=1S/C13H19N3O3/c1-15(2)12(17)9-16(8-7-13(18)19)11-6-4-3-5-10(11)14/h3-6H,7-9,14H2,1-2H3,(H,18,19). The molecule has 0 unspecified atom stereocenters. The summed E-state index contributed by atoms with van der Waals surface area (Å²) < 4.78 is 0. The minimum Gasteiger partial charge on any atom is -0.481 e. The van der Waals surface area contributed by atoms with Crippen molar-refractivity contribution >= 4 is 23.3 Å². The number of amides is 1. The number of likely N-dealkylation sites (N-methyl/N-ethyl adjacent to an activating group) is 1. The second kappa shape index (κ2) is 6.63. The van der Waals surface area contributed by atoms with Crippen LogP contribution in [0.25, 0.3) is 0 Å². The largest absolute Gasteiger partial charge is 0.481 e. The maximum atomic E-state index is 11.8. The fraction of sp³-hybridized carbons (Fsp3) is 0.385. The van der Waals surface area contributed by atoms with Crippen molar-refractivity contribution in [1.29, 1.82) is 0 Å². The Morgan fingerprint density at radius 1 is 1.26 bits per heavy atom. The van der Waals surface area contributed by atoms with E-state index in [0.29, 0.717) is 11.4 Å². The van der Waals surface area contributed by atoms with Crippen LogP contribution in [0.15, 0.2) is 24.3 Å². The van der Waals surface area contributed by atoms with Gasteiger partial charge in [0.15, 0.2) is 0 Å². The summed E-state index contributed by atoms with van der Waals surface area (Å²) in [7, 11) is 3.32. The van der Waals surface area contributed by atoms with Gasteiger partial charge in [-0.25, -0.2) is 0 Å². The van der Waals surface area contributed by atoms with Crippen LogP contribution in [0, 0.1) is 0 Å². The van der Waals surface area contributed by atoms with Crippen LogP contribution < -0.4 is 10.6 Å². The number of rotatable bonds is 6. The van der Waals surface area contributed by atoms with Crippen LogP contribution in [-0.2, 0) is 9.59 Å². The Morgan fingerprint density at radius 2 is 1.89 bits per heavy atom. The number of hydrogen-bond acceptors (Lipinski definition) is 4. The van der Waals surface area contributed by atoms with Gasteiger partial charge in [-0.2, -0.15) is 0 Å². The third-order valence-electron chi connectivity index (χ3n) is 2.70. The molecule has 1 amide bonds. The number of nitrogen functional groups attached to an aromatic ring is 1.